The van der Waals surface area contributed by atoms with Crippen molar-refractivity contribution in [2.45, 2.75) is 38.7 Å². The van der Waals surface area contributed by atoms with Gasteiger partial charge in [0, 0.05) is 27.8 Å². The summed E-state index contributed by atoms with van der Waals surface area (Å²) < 4.78 is 6.22. The van der Waals surface area contributed by atoms with Crippen LogP contribution in [0.2, 0.25) is 0 Å². The number of nitro groups is 1. The van der Waals surface area contributed by atoms with Crippen molar-refractivity contribution in [2.24, 2.45) is 0 Å². The quantitative estimate of drug-likeness (QED) is 0.310. The van der Waals surface area contributed by atoms with E-state index in [1.54, 1.807) is 49.4 Å². The Kier molecular flexibility index (Phi) is 5.49. The summed E-state index contributed by atoms with van der Waals surface area (Å²) in [5.74, 6) is -1.41. The molecule has 1 aliphatic rings. The Morgan fingerprint density at radius 3 is 2.24 bits per heavy atom. The Balaban J connectivity index is 1.84. The van der Waals surface area contributed by atoms with Crippen molar-refractivity contribution in [3.05, 3.63) is 104 Å². The van der Waals surface area contributed by atoms with Gasteiger partial charge in [0.25, 0.3) is 0 Å². The molecule has 1 heterocycles. The van der Waals surface area contributed by atoms with Gasteiger partial charge in [-0.2, -0.15) is 0 Å². The topological polar surface area (TPSA) is 107 Å². The van der Waals surface area contributed by atoms with Gasteiger partial charge in [0.15, 0.2) is 5.78 Å². The molecule has 33 heavy (non-hydrogen) atoms. The van der Waals surface area contributed by atoms with Crippen LogP contribution in [0.1, 0.15) is 69.3 Å². The number of nitro benzene ring substituents is 1. The molecule has 7 heteroatoms. The summed E-state index contributed by atoms with van der Waals surface area (Å²) in [6.45, 7) is 5.65. The minimum atomic E-state index is -1.19. The second-order valence-corrected chi connectivity index (χ2v) is 8.83. The zero-order chi connectivity index (χ0) is 23.9. The Bertz CT molecular complexity index is 1290. The van der Waals surface area contributed by atoms with Crippen LogP contribution in [0, 0.1) is 17.0 Å². The number of aryl methyl sites for hydroxylation is 1. The van der Waals surface area contributed by atoms with Gasteiger partial charge in [0.1, 0.15) is 6.10 Å². The summed E-state index contributed by atoms with van der Waals surface area (Å²) in [6.07, 6.45) is -0.129. The highest BCUT2D eigenvalue weighted by Crippen LogP contribution is 2.50. The van der Waals surface area contributed by atoms with Crippen molar-refractivity contribution < 1.29 is 24.4 Å². The molecule has 168 valence electrons. The number of hydrogen-bond acceptors (Lipinski definition) is 5. The molecule has 1 unspecified atom stereocenters. The van der Waals surface area contributed by atoms with Gasteiger partial charge in [-0.05, 0) is 24.8 Å². The molecule has 0 bridgehead atoms. The van der Waals surface area contributed by atoms with Crippen molar-refractivity contribution in [1.29, 1.82) is 0 Å². The van der Waals surface area contributed by atoms with E-state index < -0.39 is 28.2 Å². The fourth-order valence-electron chi connectivity index (χ4n) is 4.48. The summed E-state index contributed by atoms with van der Waals surface area (Å²) in [5.41, 5.74) is 1.58. The third-order valence-corrected chi connectivity index (χ3v) is 6.16. The number of nitrogens with zero attached hydrogens (tertiary/aromatic N) is 1. The molecule has 1 atom stereocenters. The van der Waals surface area contributed by atoms with Crippen molar-refractivity contribution in [3.8, 4) is 5.75 Å². The Hall–Kier alpha value is -4.00. The molecular weight excluding hydrogens is 422 g/mol. The molecule has 0 radical (unpaired) electrons. The molecule has 0 spiro atoms. The van der Waals surface area contributed by atoms with Crippen LogP contribution in [0.3, 0.4) is 0 Å². The van der Waals surface area contributed by atoms with Gasteiger partial charge in [-0.1, -0.05) is 68.4 Å². The molecule has 1 aliphatic heterocycles. The third-order valence-electron chi connectivity index (χ3n) is 6.16. The average molecular weight is 445 g/mol. The number of carbonyl (C=O) groups is 2. The van der Waals surface area contributed by atoms with E-state index in [0.29, 0.717) is 23.1 Å². The predicted octanol–water partition coefficient (Wildman–Crippen LogP) is 5.63. The minimum absolute atomic E-state index is 0.0784. The van der Waals surface area contributed by atoms with E-state index in [1.807, 2.05) is 19.9 Å². The van der Waals surface area contributed by atoms with E-state index >= 15 is 0 Å². The molecular formula is C26H23NO6. The normalized spacial score (nSPS) is 16.4. The second-order valence-electron chi connectivity index (χ2n) is 8.83. The van der Waals surface area contributed by atoms with Crippen LogP contribution in [0.15, 0.2) is 60.7 Å². The molecule has 0 aromatic heterocycles. The molecule has 0 aliphatic carbocycles. The predicted molar refractivity (Wildman–Crippen MR) is 122 cm³/mol. The minimum Gasteiger partial charge on any atom is -0.478 e. The van der Waals surface area contributed by atoms with Gasteiger partial charge in [-0.15, -0.1) is 0 Å². The molecule has 0 saturated heterocycles. The molecule has 3 aromatic carbocycles. The van der Waals surface area contributed by atoms with Crippen molar-refractivity contribution in [2.75, 3.05) is 0 Å². The number of ketones is 1. The fraction of sp³-hybridized carbons (Fsp3) is 0.231. The zero-order valence-corrected chi connectivity index (χ0v) is 18.5. The summed E-state index contributed by atoms with van der Waals surface area (Å²) in [6, 6.07) is 16.5. The van der Waals surface area contributed by atoms with Crippen molar-refractivity contribution in [3.63, 3.8) is 0 Å². The first-order valence-corrected chi connectivity index (χ1v) is 10.5. The lowest BCUT2D eigenvalue weighted by atomic mass is 9.75. The smallest absolute Gasteiger partial charge is 0.336 e. The highest BCUT2D eigenvalue weighted by molar-refractivity contribution is 6.15. The Labute approximate surface area is 190 Å². The summed E-state index contributed by atoms with van der Waals surface area (Å²) in [5, 5.41) is 21.4. The average Bonchev–Trinajstić information content (AvgIpc) is 2.77. The SMILES string of the molecule is Cc1ccc2c(c1[N+](=O)[O-])OC(c1ccccc1C(=O)c1ccccc1C(=O)O)CC2(C)C. The van der Waals surface area contributed by atoms with Crippen molar-refractivity contribution >= 4 is 17.4 Å². The van der Waals surface area contributed by atoms with E-state index in [-0.39, 0.29) is 22.6 Å². The Morgan fingerprint density at radius 2 is 1.61 bits per heavy atom. The highest BCUT2D eigenvalue weighted by atomic mass is 16.6. The van der Waals surface area contributed by atoms with Gasteiger partial charge < -0.3 is 9.84 Å². The van der Waals surface area contributed by atoms with Crippen LogP contribution in [-0.4, -0.2) is 21.8 Å². The van der Waals surface area contributed by atoms with Crippen LogP contribution in [0.25, 0.3) is 0 Å². The number of ether oxygens (including phenoxy) is 1. The molecule has 1 N–H and O–H groups in total. The fourth-order valence-corrected chi connectivity index (χ4v) is 4.48. The number of hydrogen-bond donors (Lipinski definition) is 1. The molecule has 4 rings (SSSR count). The molecule has 3 aromatic rings. The molecule has 0 saturated carbocycles. The summed E-state index contributed by atoms with van der Waals surface area (Å²) in [4.78, 5) is 36.5. The molecule has 0 fully saturated rings. The number of carbonyl (C=O) groups excluding carboxylic acids is 1. The molecule has 7 nitrogen and oxygen atoms in total. The lowest BCUT2D eigenvalue weighted by Gasteiger charge is -2.38. The monoisotopic (exact) mass is 445 g/mol. The largest absolute Gasteiger partial charge is 0.478 e. The first-order valence-electron chi connectivity index (χ1n) is 10.5. The van der Waals surface area contributed by atoms with Crippen LogP contribution in [0.4, 0.5) is 5.69 Å². The van der Waals surface area contributed by atoms with E-state index in [1.165, 1.54) is 12.1 Å². The summed E-state index contributed by atoms with van der Waals surface area (Å²) >= 11 is 0. The second kappa shape index (κ2) is 8.16. The number of aromatic carboxylic acids is 1. The summed E-state index contributed by atoms with van der Waals surface area (Å²) in [7, 11) is 0. The van der Waals surface area contributed by atoms with Gasteiger partial charge in [-0.25, -0.2) is 4.79 Å². The maximum Gasteiger partial charge on any atom is 0.336 e. The third kappa shape index (κ3) is 3.86. The lowest BCUT2D eigenvalue weighted by Crippen LogP contribution is -2.31. The van der Waals surface area contributed by atoms with Gasteiger partial charge in [0.2, 0.25) is 5.75 Å². The maximum absolute atomic E-state index is 13.4. The van der Waals surface area contributed by atoms with Crippen LogP contribution in [-0.2, 0) is 5.41 Å². The number of rotatable bonds is 5. The number of carboxylic acid groups (broad SMARTS) is 1. The number of carboxylic acids is 1. The standard InChI is InChI=1S/C26H23NO6/c1-15-12-13-20-24(22(15)27(31)32)33-21(14-26(20,2)3)16-8-4-5-9-17(16)23(28)18-10-6-7-11-19(18)25(29)30/h4-13,21H,14H2,1-3H3,(H,29,30). The number of benzene rings is 3. The van der Waals surface area contributed by atoms with E-state index in [4.69, 9.17) is 4.74 Å². The lowest BCUT2D eigenvalue weighted by molar-refractivity contribution is -0.386. The van der Waals surface area contributed by atoms with E-state index in [0.717, 1.165) is 5.56 Å². The zero-order valence-electron chi connectivity index (χ0n) is 18.5. The van der Waals surface area contributed by atoms with Crippen molar-refractivity contribution in [1.82, 2.24) is 0 Å². The van der Waals surface area contributed by atoms with Crippen LogP contribution < -0.4 is 4.74 Å². The van der Waals surface area contributed by atoms with E-state index in [2.05, 4.69) is 0 Å². The first-order chi connectivity index (χ1) is 15.6. The van der Waals surface area contributed by atoms with E-state index in [9.17, 15) is 24.8 Å². The van der Waals surface area contributed by atoms with Crippen LogP contribution >= 0.6 is 0 Å². The Morgan fingerprint density at radius 1 is 1.00 bits per heavy atom. The van der Waals surface area contributed by atoms with Crippen LogP contribution in [0.5, 0.6) is 5.75 Å². The number of fused-ring (bicyclic) bond motifs is 1. The van der Waals surface area contributed by atoms with Gasteiger partial charge >= 0.3 is 11.7 Å². The highest BCUT2D eigenvalue weighted by Gasteiger charge is 2.40. The molecule has 0 amide bonds. The maximum atomic E-state index is 13.4. The van der Waals surface area contributed by atoms with Gasteiger partial charge in [-0.3, -0.25) is 14.9 Å². The first kappa shape index (κ1) is 22.2. The van der Waals surface area contributed by atoms with Gasteiger partial charge in [0.05, 0.1) is 10.5 Å².